The average Bonchev–Trinajstić information content (AvgIpc) is 2.09. The molecule has 0 spiro atoms. The fourth-order valence-electron chi connectivity index (χ4n) is 1.09. The third kappa shape index (κ3) is 3.36. The highest BCUT2D eigenvalue weighted by molar-refractivity contribution is 7.93. The fourth-order valence-corrected chi connectivity index (χ4v) is 1.37. The molecule has 0 unspecified atom stereocenters. The van der Waals surface area contributed by atoms with Gasteiger partial charge < -0.3 is 0 Å². The van der Waals surface area contributed by atoms with Gasteiger partial charge in [-0.2, -0.15) is 0 Å². The molecule has 0 amide bonds. The molecule has 0 heterocycles. The maximum Gasteiger partial charge on any atom is 0.123 e. The number of benzene rings is 1. The van der Waals surface area contributed by atoms with Gasteiger partial charge in [-0.25, -0.2) is 4.39 Å². The van der Waals surface area contributed by atoms with Crippen LogP contribution in [-0.2, 0) is 6.54 Å². The molecule has 0 aromatic heterocycles. The first-order valence-corrected chi connectivity index (χ1v) is 5.35. The van der Waals surface area contributed by atoms with Gasteiger partial charge in [0.2, 0.25) is 0 Å². The molecule has 0 bridgehead atoms. The van der Waals surface area contributed by atoms with Gasteiger partial charge in [0.15, 0.2) is 0 Å². The Morgan fingerprint density at radius 3 is 2.23 bits per heavy atom. The van der Waals surface area contributed by atoms with Gasteiger partial charge in [0.05, 0.1) is 26.0 Å². The van der Waals surface area contributed by atoms with Crippen molar-refractivity contribution in [1.82, 2.24) is 0 Å². The predicted molar refractivity (Wildman–Crippen MR) is 55.7 cm³/mol. The van der Waals surface area contributed by atoms with Crippen LogP contribution in [0.1, 0.15) is 5.56 Å². The maximum atomic E-state index is 12.6. The molecular weight excluding hydrogens is 185 g/mol. The van der Waals surface area contributed by atoms with Crippen LogP contribution in [0.2, 0.25) is 0 Å². The smallest absolute Gasteiger partial charge is 0.123 e. The summed E-state index contributed by atoms with van der Waals surface area (Å²) in [6, 6.07) is 6.70. The molecule has 1 aromatic rings. The van der Waals surface area contributed by atoms with E-state index < -0.39 is 0 Å². The lowest BCUT2D eigenvalue weighted by Gasteiger charge is -2.25. The fraction of sp³-hybridized carbons (Fsp3) is 0.400. The van der Waals surface area contributed by atoms with Crippen LogP contribution in [0.15, 0.2) is 24.3 Å². The zero-order valence-corrected chi connectivity index (χ0v) is 9.07. The Hall–Kier alpha value is -0.540. The molecule has 0 N–H and O–H groups in total. The van der Waals surface area contributed by atoms with E-state index >= 15 is 0 Å². The summed E-state index contributed by atoms with van der Waals surface area (Å²) in [6.07, 6.45) is 2.07. The molecule has 13 heavy (non-hydrogen) atoms. The van der Waals surface area contributed by atoms with Crippen molar-refractivity contribution in [2.75, 3.05) is 20.4 Å². The third-order valence-corrected chi connectivity index (χ3v) is 3.09. The molecule has 0 fully saturated rings. The number of hydrogen-bond donors (Lipinski definition) is 0. The van der Waals surface area contributed by atoms with Crippen molar-refractivity contribution in [3.63, 3.8) is 0 Å². The average molecular weight is 200 g/mol. The summed E-state index contributed by atoms with van der Waals surface area (Å²) in [7, 11) is 4.27. The highest BCUT2D eigenvalue weighted by Crippen LogP contribution is 2.18. The Kier molecular flexibility index (Phi) is 3.33. The molecule has 0 saturated carbocycles. The van der Waals surface area contributed by atoms with Gasteiger partial charge in [-0.15, -0.1) is 0 Å². The second-order valence-corrected chi connectivity index (χ2v) is 4.89. The first-order valence-electron chi connectivity index (χ1n) is 4.17. The van der Waals surface area contributed by atoms with E-state index in [9.17, 15) is 4.39 Å². The van der Waals surface area contributed by atoms with E-state index in [0.717, 1.165) is 10.4 Å². The molecular formula is C10H15FNS+. The minimum atomic E-state index is -0.168. The first kappa shape index (κ1) is 10.5. The SMILES string of the molecule is CS[N+](C)(C)Cc1ccc(F)cc1. The van der Waals surface area contributed by atoms with Crippen LogP contribution in [0.3, 0.4) is 0 Å². The van der Waals surface area contributed by atoms with E-state index in [1.807, 2.05) is 12.1 Å². The van der Waals surface area contributed by atoms with Crippen LogP contribution < -0.4 is 0 Å². The predicted octanol–water partition coefficient (Wildman–Crippen LogP) is 2.68. The Morgan fingerprint density at radius 1 is 1.23 bits per heavy atom. The van der Waals surface area contributed by atoms with Crippen LogP contribution in [0.4, 0.5) is 4.39 Å². The van der Waals surface area contributed by atoms with E-state index in [-0.39, 0.29) is 5.82 Å². The lowest BCUT2D eigenvalue weighted by atomic mass is 10.2. The van der Waals surface area contributed by atoms with Gasteiger partial charge in [-0.3, -0.25) is 3.89 Å². The van der Waals surface area contributed by atoms with Crippen molar-refractivity contribution >= 4 is 11.9 Å². The number of halogens is 1. The minimum absolute atomic E-state index is 0.168. The maximum absolute atomic E-state index is 12.6. The van der Waals surface area contributed by atoms with Crippen LogP contribution in [-0.4, -0.2) is 24.2 Å². The molecule has 3 heteroatoms. The molecule has 1 aromatic carbocycles. The Labute approximate surface area is 83.3 Å². The first-order chi connectivity index (χ1) is 6.03. The summed E-state index contributed by atoms with van der Waals surface area (Å²) < 4.78 is 13.4. The molecule has 0 aliphatic rings. The normalized spacial score (nSPS) is 11.7. The Balaban J connectivity index is 2.69. The van der Waals surface area contributed by atoms with Crippen molar-refractivity contribution < 1.29 is 8.28 Å². The van der Waals surface area contributed by atoms with Gasteiger partial charge in [-0.1, -0.05) is 12.1 Å². The van der Waals surface area contributed by atoms with Gasteiger partial charge in [0.25, 0.3) is 0 Å². The summed E-state index contributed by atoms with van der Waals surface area (Å²) in [5, 5.41) is 0. The van der Waals surface area contributed by atoms with Crippen molar-refractivity contribution in [3.8, 4) is 0 Å². The Bertz CT molecular complexity index is 269. The lowest BCUT2D eigenvalue weighted by molar-refractivity contribution is -0.765. The second-order valence-electron chi connectivity index (χ2n) is 3.54. The minimum Gasteiger partial charge on any atom is -0.263 e. The van der Waals surface area contributed by atoms with Crippen molar-refractivity contribution in [3.05, 3.63) is 35.6 Å². The van der Waals surface area contributed by atoms with Crippen LogP contribution in [0.25, 0.3) is 0 Å². The van der Waals surface area contributed by atoms with Crippen molar-refractivity contribution in [2.24, 2.45) is 0 Å². The molecule has 0 atom stereocenters. The van der Waals surface area contributed by atoms with Crippen LogP contribution in [0, 0.1) is 5.82 Å². The third-order valence-electron chi connectivity index (χ3n) is 1.97. The van der Waals surface area contributed by atoms with E-state index in [1.165, 1.54) is 17.7 Å². The van der Waals surface area contributed by atoms with Crippen LogP contribution in [0.5, 0.6) is 0 Å². The van der Waals surface area contributed by atoms with E-state index in [4.69, 9.17) is 0 Å². The van der Waals surface area contributed by atoms with E-state index in [1.54, 1.807) is 11.9 Å². The zero-order chi connectivity index (χ0) is 9.90. The summed E-state index contributed by atoms with van der Waals surface area (Å²) in [5.41, 5.74) is 1.17. The monoisotopic (exact) mass is 200 g/mol. The van der Waals surface area contributed by atoms with Crippen LogP contribution >= 0.6 is 11.9 Å². The molecule has 0 radical (unpaired) electrons. The molecule has 1 rings (SSSR count). The summed E-state index contributed by atoms with van der Waals surface area (Å²) >= 11 is 1.77. The summed E-state index contributed by atoms with van der Waals surface area (Å²) in [5.74, 6) is -0.168. The van der Waals surface area contributed by atoms with E-state index in [2.05, 4.69) is 20.4 Å². The molecule has 72 valence electrons. The number of quaternary nitrogens is 1. The molecule has 0 aliphatic carbocycles. The molecule has 0 aliphatic heterocycles. The number of nitrogens with zero attached hydrogens (tertiary/aromatic N) is 1. The molecule has 1 nitrogen and oxygen atoms in total. The zero-order valence-electron chi connectivity index (χ0n) is 8.25. The standard InChI is InChI=1S/C10H15FNS/c1-12(2,13-3)8-9-4-6-10(11)7-5-9/h4-7H,8H2,1-3H3/q+1. The van der Waals surface area contributed by atoms with Gasteiger partial charge in [0.1, 0.15) is 12.4 Å². The molecule has 0 saturated heterocycles. The highest BCUT2D eigenvalue weighted by Gasteiger charge is 2.14. The van der Waals surface area contributed by atoms with Crippen molar-refractivity contribution in [1.29, 1.82) is 0 Å². The quantitative estimate of drug-likeness (QED) is 0.534. The van der Waals surface area contributed by atoms with E-state index in [0.29, 0.717) is 0 Å². The van der Waals surface area contributed by atoms with Gasteiger partial charge >= 0.3 is 0 Å². The Morgan fingerprint density at radius 2 is 1.77 bits per heavy atom. The van der Waals surface area contributed by atoms with Gasteiger partial charge in [-0.05, 0) is 12.1 Å². The summed E-state index contributed by atoms with van der Waals surface area (Å²) in [6.45, 7) is 0.918. The number of rotatable bonds is 3. The summed E-state index contributed by atoms with van der Waals surface area (Å²) in [4.78, 5) is 0. The van der Waals surface area contributed by atoms with Crippen molar-refractivity contribution in [2.45, 2.75) is 6.54 Å². The largest absolute Gasteiger partial charge is 0.263 e. The number of hydrogen-bond acceptors (Lipinski definition) is 1. The van der Waals surface area contributed by atoms with Gasteiger partial charge in [0, 0.05) is 11.8 Å². The topological polar surface area (TPSA) is 0 Å². The lowest BCUT2D eigenvalue weighted by Crippen LogP contribution is -2.29. The second kappa shape index (κ2) is 4.11. The highest BCUT2D eigenvalue weighted by atomic mass is 32.2.